The van der Waals surface area contributed by atoms with Crippen LogP contribution in [0.4, 0.5) is 10.3 Å². The molecular formula is C14H10BFN4O2. The van der Waals surface area contributed by atoms with Gasteiger partial charge in [0.2, 0.25) is 5.95 Å². The van der Waals surface area contributed by atoms with E-state index in [1.54, 1.807) is 12.1 Å². The number of benzene rings is 1. The number of methoxy groups -OCH3 is 1. The van der Waals surface area contributed by atoms with E-state index in [0.29, 0.717) is 34.0 Å². The molecule has 0 unspecified atom stereocenters. The molecule has 1 aromatic carbocycles. The van der Waals surface area contributed by atoms with Crippen LogP contribution in [-0.2, 0) is 0 Å². The van der Waals surface area contributed by atoms with Gasteiger partial charge in [-0.3, -0.25) is 9.36 Å². The maximum atomic E-state index is 14.0. The van der Waals surface area contributed by atoms with E-state index in [9.17, 15) is 9.18 Å². The third-order valence-electron chi connectivity index (χ3n) is 3.24. The van der Waals surface area contributed by atoms with Gasteiger partial charge in [-0.15, -0.1) is 0 Å². The van der Waals surface area contributed by atoms with Crippen molar-refractivity contribution in [2.75, 3.05) is 12.8 Å². The van der Waals surface area contributed by atoms with Crippen LogP contribution in [0.2, 0.25) is 0 Å². The minimum Gasteiger partial charge on any atom is -0.496 e. The number of rotatable bonds is 3. The van der Waals surface area contributed by atoms with Crippen molar-refractivity contribution in [1.82, 2.24) is 14.5 Å². The molecule has 22 heavy (non-hydrogen) atoms. The van der Waals surface area contributed by atoms with Crippen molar-refractivity contribution in [3.05, 3.63) is 35.9 Å². The second kappa shape index (κ2) is 5.14. The van der Waals surface area contributed by atoms with Crippen LogP contribution in [0.3, 0.4) is 0 Å². The van der Waals surface area contributed by atoms with E-state index < -0.39 is 5.82 Å². The Kier molecular flexibility index (Phi) is 3.28. The minimum atomic E-state index is -0.676. The molecule has 0 fully saturated rings. The first kappa shape index (κ1) is 14.1. The average Bonchev–Trinajstić information content (AvgIpc) is 2.87. The molecule has 0 spiro atoms. The Labute approximate surface area is 126 Å². The van der Waals surface area contributed by atoms with E-state index in [2.05, 4.69) is 9.97 Å². The maximum absolute atomic E-state index is 14.0. The monoisotopic (exact) mass is 296 g/mol. The summed E-state index contributed by atoms with van der Waals surface area (Å²) in [5, 5.41) is 0.517. The molecule has 0 aliphatic rings. The van der Waals surface area contributed by atoms with Crippen molar-refractivity contribution in [3.63, 3.8) is 0 Å². The molecule has 3 rings (SSSR count). The number of aldehydes is 1. The van der Waals surface area contributed by atoms with Gasteiger partial charge in [-0.2, -0.15) is 4.98 Å². The highest BCUT2D eigenvalue weighted by atomic mass is 19.1. The molecule has 6 nitrogen and oxygen atoms in total. The SMILES string of the molecule is [B]c1cc(OC)c2c(C=O)cn(-c3nc(N)ncc3F)c2c1. The van der Waals surface area contributed by atoms with Crippen molar-refractivity contribution in [1.29, 1.82) is 0 Å². The number of halogens is 1. The van der Waals surface area contributed by atoms with Crippen LogP contribution in [0.25, 0.3) is 16.7 Å². The van der Waals surface area contributed by atoms with Crippen molar-refractivity contribution in [2.45, 2.75) is 0 Å². The zero-order valence-electron chi connectivity index (χ0n) is 11.6. The van der Waals surface area contributed by atoms with Gasteiger partial charge in [-0.1, -0.05) is 5.46 Å². The summed E-state index contributed by atoms with van der Waals surface area (Å²) in [6.45, 7) is 0. The fourth-order valence-electron chi connectivity index (χ4n) is 2.34. The first-order chi connectivity index (χ1) is 10.5. The Morgan fingerprint density at radius 2 is 2.23 bits per heavy atom. The predicted molar refractivity (Wildman–Crippen MR) is 80.6 cm³/mol. The molecule has 108 valence electrons. The molecule has 0 aliphatic heterocycles. The number of nitrogens with two attached hydrogens (primary N) is 1. The molecule has 3 aromatic rings. The number of nitrogens with zero attached hydrogens (tertiary/aromatic N) is 3. The molecule has 2 aromatic heterocycles. The fourth-order valence-corrected chi connectivity index (χ4v) is 2.34. The summed E-state index contributed by atoms with van der Waals surface area (Å²) in [7, 11) is 7.29. The van der Waals surface area contributed by atoms with Gasteiger partial charge in [-0.05, 0) is 12.1 Å². The largest absolute Gasteiger partial charge is 0.496 e. The highest BCUT2D eigenvalue weighted by Crippen LogP contribution is 2.31. The van der Waals surface area contributed by atoms with E-state index in [1.807, 2.05) is 0 Å². The van der Waals surface area contributed by atoms with Gasteiger partial charge in [0.05, 0.1) is 24.2 Å². The van der Waals surface area contributed by atoms with Gasteiger partial charge in [0.1, 0.15) is 13.6 Å². The lowest BCUT2D eigenvalue weighted by molar-refractivity contribution is 0.112. The van der Waals surface area contributed by atoms with E-state index in [4.69, 9.17) is 18.3 Å². The lowest BCUT2D eigenvalue weighted by atomic mass is 9.94. The Morgan fingerprint density at radius 1 is 1.45 bits per heavy atom. The average molecular weight is 296 g/mol. The lowest BCUT2D eigenvalue weighted by Crippen LogP contribution is -2.07. The predicted octanol–water partition coefficient (Wildman–Crippen LogP) is 0.757. The smallest absolute Gasteiger partial charge is 0.222 e. The van der Waals surface area contributed by atoms with Gasteiger partial charge in [0, 0.05) is 11.8 Å². The number of ether oxygens (including phenoxy) is 1. The number of fused-ring (bicyclic) bond motifs is 1. The number of carbonyl (C=O) groups excluding carboxylic acids is 1. The summed E-state index contributed by atoms with van der Waals surface area (Å²) in [6, 6.07) is 3.19. The van der Waals surface area contributed by atoms with Crippen molar-refractivity contribution in [2.24, 2.45) is 0 Å². The standard InChI is InChI=1S/C14H10BFN4O2/c1-22-11-3-8(15)2-10-12(11)7(6-21)5-20(10)13-9(16)4-18-14(17)19-13/h2-6H,1H3,(H2,17,18,19). The Balaban J connectivity index is 2.42. The number of aromatic nitrogens is 3. The molecule has 8 heteroatoms. The summed E-state index contributed by atoms with van der Waals surface area (Å²) in [5.41, 5.74) is 6.72. The number of nitrogen functional groups attached to an aromatic ring is 1. The van der Waals surface area contributed by atoms with Crippen molar-refractivity contribution in [3.8, 4) is 11.6 Å². The lowest BCUT2D eigenvalue weighted by Gasteiger charge is -2.08. The van der Waals surface area contributed by atoms with Gasteiger partial charge < -0.3 is 10.5 Å². The zero-order chi connectivity index (χ0) is 15.9. The van der Waals surface area contributed by atoms with Gasteiger partial charge >= 0.3 is 0 Å². The quantitative estimate of drug-likeness (QED) is 0.570. The Morgan fingerprint density at radius 3 is 2.91 bits per heavy atom. The van der Waals surface area contributed by atoms with Gasteiger partial charge in [-0.25, -0.2) is 9.37 Å². The van der Waals surface area contributed by atoms with E-state index in [0.717, 1.165) is 6.20 Å². The van der Waals surface area contributed by atoms with Crippen LogP contribution in [-0.4, -0.2) is 35.8 Å². The molecule has 2 N–H and O–H groups in total. The highest BCUT2D eigenvalue weighted by Gasteiger charge is 2.17. The van der Waals surface area contributed by atoms with Crippen LogP contribution in [0, 0.1) is 5.82 Å². The Bertz CT molecular complexity index is 894. The summed E-state index contributed by atoms with van der Waals surface area (Å²) in [5.74, 6) is -0.414. The van der Waals surface area contributed by atoms with Crippen LogP contribution in [0.15, 0.2) is 24.5 Å². The second-order valence-corrected chi connectivity index (χ2v) is 4.59. The molecule has 0 aliphatic carbocycles. The number of carbonyl (C=O) groups is 1. The van der Waals surface area contributed by atoms with Gasteiger partial charge in [0.25, 0.3) is 0 Å². The normalized spacial score (nSPS) is 10.8. The minimum absolute atomic E-state index is 0.0711. The summed E-state index contributed by atoms with van der Waals surface area (Å²) >= 11 is 0. The van der Waals surface area contributed by atoms with Crippen molar-refractivity contribution < 1.29 is 13.9 Å². The molecular weight excluding hydrogens is 286 g/mol. The molecule has 0 saturated carbocycles. The topological polar surface area (TPSA) is 83.0 Å². The summed E-state index contributed by atoms with van der Waals surface area (Å²) < 4.78 is 20.7. The molecule has 2 heterocycles. The molecule has 0 bridgehead atoms. The first-order valence-corrected chi connectivity index (χ1v) is 6.27. The van der Waals surface area contributed by atoms with E-state index in [-0.39, 0.29) is 11.8 Å². The van der Waals surface area contributed by atoms with Gasteiger partial charge in [0.15, 0.2) is 17.9 Å². The van der Waals surface area contributed by atoms with Crippen LogP contribution in [0.1, 0.15) is 10.4 Å². The Hall–Kier alpha value is -2.90. The molecule has 0 atom stereocenters. The first-order valence-electron chi connectivity index (χ1n) is 6.27. The second-order valence-electron chi connectivity index (χ2n) is 4.59. The van der Waals surface area contributed by atoms with Crippen LogP contribution < -0.4 is 15.9 Å². The number of anilines is 1. The zero-order valence-corrected chi connectivity index (χ0v) is 11.6. The van der Waals surface area contributed by atoms with Crippen LogP contribution >= 0.6 is 0 Å². The van der Waals surface area contributed by atoms with E-state index >= 15 is 0 Å². The summed E-state index contributed by atoms with van der Waals surface area (Å²) in [6.07, 6.45) is 3.07. The third-order valence-corrected chi connectivity index (χ3v) is 3.24. The van der Waals surface area contributed by atoms with Crippen LogP contribution in [0.5, 0.6) is 5.75 Å². The molecule has 0 saturated heterocycles. The fraction of sp³-hybridized carbons (Fsp3) is 0.0714. The number of hydrogen-bond donors (Lipinski definition) is 1. The number of hydrogen-bond acceptors (Lipinski definition) is 5. The third kappa shape index (κ3) is 2.09. The van der Waals surface area contributed by atoms with Crippen molar-refractivity contribution >= 4 is 36.4 Å². The maximum Gasteiger partial charge on any atom is 0.222 e. The van der Waals surface area contributed by atoms with E-state index in [1.165, 1.54) is 17.9 Å². The highest BCUT2D eigenvalue weighted by molar-refractivity contribution is 6.33. The molecule has 0 amide bonds. The summed E-state index contributed by atoms with van der Waals surface area (Å²) in [4.78, 5) is 18.8. The molecule has 2 radical (unpaired) electrons.